The van der Waals surface area contributed by atoms with Crippen molar-refractivity contribution in [1.29, 1.82) is 0 Å². The highest BCUT2D eigenvalue weighted by molar-refractivity contribution is 7.16. The van der Waals surface area contributed by atoms with Crippen LogP contribution in [0.3, 0.4) is 0 Å². The maximum Gasteiger partial charge on any atom is 0.329 e. The van der Waals surface area contributed by atoms with Crippen LogP contribution >= 0.6 is 11.3 Å². The number of fused-ring (bicyclic) bond motifs is 1. The standard InChI is InChI=1S/C18H16N2O4S/c1-11-6-8-12(9-7-11)16(22)19-18-20(14(10-21)17(23)24)13-4-2-3-5-15(13)25-18/h2-9,14,21H,10H2,1H3,(H,23,24). The lowest BCUT2D eigenvalue weighted by Gasteiger charge is -2.12. The third kappa shape index (κ3) is 3.38. The van der Waals surface area contributed by atoms with E-state index in [1.807, 2.05) is 31.2 Å². The van der Waals surface area contributed by atoms with Crippen molar-refractivity contribution in [3.05, 3.63) is 64.5 Å². The first-order chi connectivity index (χ1) is 12.0. The summed E-state index contributed by atoms with van der Waals surface area (Å²) in [4.78, 5) is 28.3. The van der Waals surface area contributed by atoms with Crippen LogP contribution in [0.25, 0.3) is 10.2 Å². The molecule has 0 saturated carbocycles. The van der Waals surface area contributed by atoms with Crippen LogP contribution in [0.15, 0.2) is 53.5 Å². The predicted octanol–water partition coefficient (Wildman–Crippen LogP) is 2.37. The normalized spacial score (nSPS) is 13.1. The molecule has 1 atom stereocenters. The monoisotopic (exact) mass is 356 g/mol. The third-order valence-corrected chi connectivity index (χ3v) is 4.83. The number of carboxylic acid groups (broad SMARTS) is 1. The molecule has 0 radical (unpaired) electrons. The predicted molar refractivity (Wildman–Crippen MR) is 94.6 cm³/mol. The van der Waals surface area contributed by atoms with Crippen molar-refractivity contribution in [3.8, 4) is 0 Å². The number of hydrogen-bond donors (Lipinski definition) is 2. The van der Waals surface area contributed by atoms with E-state index in [0.717, 1.165) is 10.3 Å². The summed E-state index contributed by atoms with van der Waals surface area (Å²) in [5.41, 5.74) is 2.06. The van der Waals surface area contributed by atoms with E-state index in [2.05, 4.69) is 4.99 Å². The van der Waals surface area contributed by atoms with Crippen LogP contribution < -0.4 is 4.80 Å². The Balaban J connectivity index is 2.19. The number of carbonyl (C=O) groups excluding carboxylic acids is 1. The summed E-state index contributed by atoms with van der Waals surface area (Å²) in [6, 6.07) is 12.9. The number of aliphatic carboxylic acids is 1. The fourth-order valence-electron chi connectivity index (χ4n) is 2.49. The van der Waals surface area contributed by atoms with Gasteiger partial charge in [0.25, 0.3) is 5.91 Å². The molecule has 6 nitrogen and oxygen atoms in total. The first kappa shape index (κ1) is 17.1. The molecule has 0 bridgehead atoms. The van der Waals surface area contributed by atoms with Crippen molar-refractivity contribution >= 4 is 33.4 Å². The Bertz CT molecular complexity index is 1000. The Hall–Kier alpha value is -2.77. The highest BCUT2D eigenvalue weighted by Gasteiger charge is 2.22. The zero-order valence-electron chi connectivity index (χ0n) is 13.4. The summed E-state index contributed by atoms with van der Waals surface area (Å²) in [5.74, 6) is -1.64. The Morgan fingerprint density at radius 2 is 1.84 bits per heavy atom. The van der Waals surface area contributed by atoms with Gasteiger partial charge in [0.2, 0.25) is 0 Å². The first-order valence-corrected chi connectivity index (χ1v) is 8.42. The highest BCUT2D eigenvalue weighted by atomic mass is 32.1. The molecule has 2 N–H and O–H groups in total. The lowest BCUT2D eigenvalue weighted by Crippen LogP contribution is -2.30. The Morgan fingerprint density at radius 1 is 1.16 bits per heavy atom. The Kier molecular flexibility index (Phi) is 4.78. The smallest absolute Gasteiger partial charge is 0.329 e. The summed E-state index contributed by atoms with van der Waals surface area (Å²) in [7, 11) is 0. The quantitative estimate of drug-likeness (QED) is 0.751. The summed E-state index contributed by atoms with van der Waals surface area (Å²) >= 11 is 1.21. The van der Waals surface area contributed by atoms with Crippen molar-refractivity contribution in [2.45, 2.75) is 13.0 Å². The van der Waals surface area contributed by atoms with E-state index in [0.29, 0.717) is 11.1 Å². The number of aliphatic hydroxyl groups excluding tert-OH is 1. The van der Waals surface area contributed by atoms with Crippen LogP contribution in [0.5, 0.6) is 0 Å². The van der Waals surface area contributed by atoms with E-state index >= 15 is 0 Å². The lowest BCUT2D eigenvalue weighted by molar-refractivity contribution is -0.142. The van der Waals surface area contributed by atoms with Crippen LogP contribution in [-0.4, -0.2) is 33.3 Å². The zero-order valence-corrected chi connectivity index (χ0v) is 14.2. The van der Waals surface area contributed by atoms with Crippen LogP contribution in [0.2, 0.25) is 0 Å². The molecule has 0 spiro atoms. The number of thiazole rings is 1. The van der Waals surface area contributed by atoms with E-state index in [-0.39, 0.29) is 4.80 Å². The molecular weight excluding hydrogens is 340 g/mol. The molecular formula is C18H16N2O4S. The van der Waals surface area contributed by atoms with Crippen molar-refractivity contribution in [3.63, 3.8) is 0 Å². The number of carboxylic acids is 1. The number of hydrogen-bond acceptors (Lipinski definition) is 4. The molecule has 1 heterocycles. The van der Waals surface area contributed by atoms with Gasteiger partial charge in [-0.15, -0.1) is 0 Å². The summed E-state index contributed by atoms with van der Waals surface area (Å²) in [6.07, 6.45) is 0. The van der Waals surface area contributed by atoms with Crippen LogP contribution in [0, 0.1) is 6.92 Å². The van der Waals surface area contributed by atoms with Gasteiger partial charge in [0.1, 0.15) is 0 Å². The Morgan fingerprint density at radius 3 is 2.48 bits per heavy atom. The molecule has 1 aromatic heterocycles. The molecule has 1 amide bonds. The summed E-state index contributed by atoms with van der Waals surface area (Å²) < 4.78 is 2.19. The van der Waals surface area contributed by atoms with Gasteiger partial charge in [-0.3, -0.25) is 9.36 Å². The van der Waals surface area contributed by atoms with Gasteiger partial charge >= 0.3 is 5.97 Å². The van der Waals surface area contributed by atoms with Gasteiger partial charge < -0.3 is 10.2 Å². The van der Waals surface area contributed by atoms with Gasteiger partial charge in [-0.1, -0.05) is 41.2 Å². The molecule has 3 rings (SSSR count). The van der Waals surface area contributed by atoms with Crippen molar-refractivity contribution in [2.24, 2.45) is 4.99 Å². The first-order valence-electron chi connectivity index (χ1n) is 7.60. The minimum Gasteiger partial charge on any atom is -0.480 e. The number of aryl methyl sites for hydroxylation is 1. The number of aromatic nitrogens is 1. The van der Waals surface area contributed by atoms with E-state index < -0.39 is 24.5 Å². The van der Waals surface area contributed by atoms with Crippen molar-refractivity contribution in [1.82, 2.24) is 4.57 Å². The van der Waals surface area contributed by atoms with Crippen LogP contribution in [-0.2, 0) is 4.79 Å². The number of nitrogens with zero attached hydrogens (tertiary/aromatic N) is 2. The number of aliphatic hydroxyl groups is 1. The molecule has 0 fully saturated rings. The van der Waals surface area contributed by atoms with Gasteiger partial charge in [-0.25, -0.2) is 4.79 Å². The third-order valence-electron chi connectivity index (χ3n) is 3.80. The molecule has 0 saturated heterocycles. The van der Waals surface area contributed by atoms with E-state index in [1.165, 1.54) is 15.9 Å². The van der Waals surface area contributed by atoms with Gasteiger partial charge in [-0.05, 0) is 31.2 Å². The molecule has 1 unspecified atom stereocenters. The maximum absolute atomic E-state index is 12.5. The minimum absolute atomic E-state index is 0.244. The van der Waals surface area contributed by atoms with E-state index in [9.17, 15) is 19.8 Å². The molecule has 3 aromatic rings. The molecule has 0 aliphatic carbocycles. The number of amides is 1. The topological polar surface area (TPSA) is 91.9 Å². The molecule has 7 heteroatoms. The van der Waals surface area contributed by atoms with Crippen LogP contribution in [0.1, 0.15) is 22.0 Å². The zero-order chi connectivity index (χ0) is 18.0. The number of carbonyl (C=O) groups is 2. The fourth-order valence-corrected chi connectivity index (χ4v) is 3.56. The van der Waals surface area contributed by atoms with E-state index in [4.69, 9.17) is 0 Å². The number of para-hydroxylation sites is 1. The van der Waals surface area contributed by atoms with E-state index in [1.54, 1.807) is 24.3 Å². The van der Waals surface area contributed by atoms with Crippen molar-refractivity contribution in [2.75, 3.05) is 6.61 Å². The summed E-state index contributed by atoms with van der Waals surface area (Å²) in [6.45, 7) is 1.33. The second kappa shape index (κ2) is 7.00. The Labute approximate surface area is 147 Å². The van der Waals surface area contributed by atoms with Gasteiger partial charge in [0, 0.05) is 5.56 Å². The van der Waals surface area contributed by atoms with Gasteiger partial charge in [-0.2, -0.15) is 4.99 Å². The second-order valence-electron chi connectivity index (χ2n) is 5.54. The number of benzene rings is 2. The molecule has 25 heavy (non-hydrogen) atoms. The van der Waals surface area contributed by atoms with Gasteiger partial charge in [0.15, 0.2) is 10.8 Å². The average molecular weight is 356 g/mol. The SMILES string of the molecule is Cc1ccc(C(=O)N=c2sc3ccccc3n2C(CO)C(=O)O)cc1. The minimum atomic E-state index is -1.21. The molecule has 0 aliphatic rings. The lowest BCUT2D eigenvalue weighted by atomic mass is 10.1. The average Bonchev–Trinajstić information content (AvgIpc) is 2.94. The largest absolute Gasteiger partial charge is 0.480 e. The molecule has 2 aromatic carbocycles. The van der Waals surface area contributed by atoms with Crippen LogP contribution in [0.4, 0.5) is 0 Å². The second-order valence-corrected chi connectivity index (χ2v) is 6.55. The van der Waals surface area contributed by atoms with Crippen molar-refractivity contribution < 1.29 is 19.8 Å². The molecule has 128 valence electrons. The number of rotatable bonds is 4. The maximum atomic E-state index is 12.5. The highest BCUT2D eigenvalue weighted by Crippen LogP contribution is 2.21. The fraction of sp³-hybridized carbons (Fsp3) is 0.167. The van der Waals surface area contributed by atoms with Gasteiger partial charge in [0.05, 0.1) is 16.8 Å². The molecule has 0 aliphatic heterocycles. The summed E-state index contributed by atoms with van der Waals surface area (Å²) in [5, 5.41) is 18.9.